The van der Waals surface area contributed by atoms with E-state index in [0.717, 1.165) is 147 Å². The van der Waals surface area contributed by atoms with Gasteiger partial charge in [-0.3, -0.25) is 57.7 Å². The Bertz CT molecular complexity index is 2180. The SMILES string of the molecule is CC(C)C(=O)CC(=O)C(C)C.CC(C)C1CC(=O)N(CN2C(=O)CC(C(C)C)C2=O)C1=O.CC(C)CC(=O)C1CCC(CC(C)C)CC1.CC(C)CC(=O)C1CCC(CC(C)C)CC1.CC(C)CCC(=O)C1CCC(CC(C)C)CC1.CC(C)CCC(=O)C1CCC(CC(C)C)CC1. The lowest BCUT2D eigenvalue weighted by Gasteiger charge is -2.29. The molecule has 2 aliphatic heterocycles. The third kappa shape index (κ3) is 38.0. The Hall–Kier alpha value is -3.70. The van der Waals surface area contributed by atoms with E-state index >= 15 is 0 Å². The molecule has 98 heavy (non-hydrogen) atoms. The van der Waals surface area contributed by atoms with E-state index in [1.54, 1.807) is 0 Å². The third-order valence-electron chi connectivity index (χ3n) is 21.7. The molecule has 0 aromatic carbocycles. The van der Waals surface area contributed by atoms with E-state index in [-0.39, 0.29) is 96.6 Å². The van der Waals surface area contributed by atoms with Crippen LogP contribution in [0.15, 0.2) is 0 Å². The predicted octanol–water partition coefficient (Wildman–Crippen LogP) is 21.4. The minimum Gasteiger partial charge on any atom is -0.299 e. The number of ketones is 6. The summed E-state index contributed by atoms with van der Waals surface area (Å²) in [5, 5.41) is 0. The Morgan fingerprint density at radius 1 is 0.316 bits per heavy atom. The second-order valence-corrected chi connectivity index (χ2v) is 36.3. The molecule has 6 fully saturated rings. The van der Waals surface area contributed by atoms with Crippen molar-refractivity contribution in [2.75, 3.05) is 6.67 Å². The largest absolute Gasteiger partial charge is 0.299 e. The average Bonchev–Trinajstić information content (AvgIpc) is 1.64. The summed E-state index contributed by atoms with van der Waals surface area (Å²) in [5.41, 5.74) is 0. The molecule has 2 saturated heterocycles. The molecule has 0 aromatic heterocycles. The van der Waals surface area contributed by atoms with Crippen molar-refractivity contribution in [1.82, 2.24) is 9.80 Å². The van der Waals surface area contributed by atoms with Crippen LogP contribution >= 0.6 is 0 Å². The molecule has 4 amide bonds. The van der Waals surface area contributed by atoms with Gasteiger partial charge in [-0.25, -0.2) is 0 Å². The molecule has 2 unspecified atom stereocenters. The van der Waals surface area contributed by atoms with Gasteiger partial charge in [0, 0.05) is 85.9 Å². The van der Waals surface area contributed by atoms with E-state index in [2.05, 4.69) is 111 Å². The number of likely N-dealkylation sites (tertiary alicyclic amines) is 2. The molecule has 4 aliphatic carbocycles. The first-order valence-corrected chi connectivity index (χ1v) is 40.5. The maximum atomic E-state index is 12.2. The summed E-state index contributed by atoms with van der Waals surface area (Å²) in [7, 11) is 0. The van der Waals surface area contributed by atoms with E-state index in [9.17, 15) is 47.9 Å². The van der Waals surface area contributed by atoms with E-state index in [4.69, 9.17) is 0 Å². The summed E-state index contributed by atoms with van der Waals surface area (Å²) in [6.07, 6.45) is 30.8. The van der Waals surface area contributed by atoms with Gasteiger partial charge in [0.1, 0.15) is 41.4 Å². The standard InChI is InChI=1S/2C16H30O.C15H22N2O4.2C15H28O.C9H16O2/c2*1-12(2)5-10-16(17)15-8-6-14(7-9-15)11-13(3)4;1-8(2)10-5-12(18)16(14(10)20)7-17-13(19)6-11(9(3)4)15(17)21;2*1-11(2)9-13-5-7-14(8-6-13)15(16)10-12(3)4;1-6(2)8(10)5-9(11)7(3)4/h2*12-15H,5-11H2,1-4H3;8-11H,5-7H2,1-4H3;2*11-14H,5-10H2,1-4H3;6-7H,5H2,1-4H3. The first-order valence-electron chi connectivity index (χ1n) is 40.5. The van der Waals surface area contributed by atoms with Crippen LogP contribution in [0.1, 0.15) is 352 Å². The lowest BCUT2D eigenvalue weighted by Crippen LogP contribution is -2.44. The molecule has 0 aromatic rings. The van der Waals surface area contributed by atoms with Crippen molar-refractivity contribution in [2.24, 2.45) is 130 Å². The maximum Gasteiger partial charge on any atom is 0.234 e. The minimum absolute atomic E-state index is 0.0160. The number of hydrogen-bond donors (Lipinski definition) is 0. The number of amides is 4. The molecule has 6 rings (SSSR count). The zero-order valence-electron chi connectivity index (χ0n) is 67.9. The van der Waals surface area contributed by atoms with Gasteiger partial charge in [0.2, 0.25) is 23.6 Å². The van der Waals surface area contributed by atoms with E-state index in [1.807, 2.05) is 55.4 Å². The highest BCUT2D eigenvalue weighted by atomic mass is 16.2. The summed E-state index contributed by atoms with van der Waals surface area (Å²) in [5.74, 6) is 11.3. The van der Waals surface area contributed by atoms with Crippen LogP contribution in [0.25, 0.3) is 0 Å². The summed E-state index contributed by atoms with van der Waals surface area (Å²) in [4.78, 5) is 121. The van der Waals surface area contributed by atoms with E-state index in [0.29, 0.717) is 70.5 Å². The Morgan fingerprint density at radius 2 is 0.551 bits per heavy atom. The van der Waals surface area contributed by atoms with Gasteiger partial charge in [-0.15, -0.1) is 0 Å². The van der Waals surface area contributed by atoms with Gasteiger partial charge in [0.15, 0.2) is 0 Å². The van der Waals surface area contributed by atoms with Crippen molar-refractivity contribution in [3.63, 3.8) is 0 Å². The van der Waals surface area contributed by atoms with Crippen molar-refractivity contribution in [3.05, 3.63) is 0 Å². The number of carbonyl (C=O) groups excluding carboxylic acids is 10. The third-order valence-corrected chi connectivity index (χ3v) is 21.7. The predicted molar refractivity (Wildman–Crippen MR) is 405 cm³/mol. The number of carbonyl (C=O) groups is 10. The number of Topliss-reactive ketones (excluding diaryl/α,β-unsaturated/α-hetero) is 6. The molecule has 568 valence electrons. The van der Waals surface area contributed by atoms with Crippen molar-refractivity contribution in [2.45, 2.75) is 352 Å². The normalized spacial score (nSPS) is 24.4. The topological polar surface area (TPSA) is 177 Å². The van der Waals surface area contributed by atoms with Crippen molar-refractivity contribution in [3.8, 4) is 0 Å². The van der Waals surface area contributed by atoms with Crippen molar-refractivity contribution in [1.29, 1.82) is 0 Å². The van der Waals surface area contributed by atoms with Crippen LogP contribution in [0.3, 0.4) is 0 Å². The molecule has 12 nitrogen and oxygen atoms in total. The summed E-state index contributed by atoms with van der Waals surface area (Å²) < 4.78 is 0. The van der Waals surface area contributed by atoms with Crippen LogP contribution in [0.4, 0.5) is 0 Å². The second kappa shape index (κ2) is 48.3. The Kier molecular flexibility index (Phi) is 45.5. The molecule has 0 bridgehead atoms. The molecule has 4 saturated carbocycles. The molecular weight excluding hydrogens is 1220 g/mol. The van der Waals surface area contributed by atoms with Crippen LogP contribution in [-0.4, -0.2) is 74.8 Å². The first kappa shape index (κ1) is 92.3. The Labute approximate surface area is 602 Å². The highest BCUT2D eigenvalue weighted by Crippen LogP contribution is 2.38. The number of imide groups is 2. The molecule has 12 heteroatoms. The van der Waals surface area contributed by atoms with Gasteiger partial charge < -0.3 is 0 Å². The molecule has 2 heterocycles. The Morgan fingerprint density at radius 3 is 0.735 bits per heavy atom. The highest BCUT2D eigenvalue weighted by molar-refractivity contribution is 6.07. The van der Waals surface area contributed by atoms with E-state index in [1.165, 1.54) is 77.0 Å². The Balaban J connectivity index is 0.000000593. The van der Waals surface area contributed by atoms with Gasteiger partial charge >= 0.3 is 0 Å². The highest BCUT2D eigenvalue weighted by Gasteiger charge is 2.46. The van der Waals surface area contributed by atoms with Crippen LogP contribution < -0.4 is 0 Å². The fourth-order valence-corrected chi connectivity index (χ4v) is 15.4. The lowest BCUT2D eigenvalue weighted by molar-refractivity contribution is -0.149. The van der Waals surface area contributed by atoms with Crippen LogP contribution in [-0.2, 0) is 47.9 Å². The van der Waals surface area contributed by atoms with Gasteiger partial charge in [0.05, 0.1) is 6.42 Å². The quantitative estimate of drug-likeness (QED) is 0.0497. The molecule has 0 radical (unpaired) electrons. The van der Waals surface area contributed by atoms with Gasteiger partial charge in [0.25, 0.3) is 0 Å². The zero-order valence-corrected chi connectivity index (χ0v) is 67.9. The van der Waals surface area contributed by atoms with Gasteiger partial charge in [-0.2, -0.15) is 0 Å². The molecule has 6 aliphatic rings. The summed E-state index contributed by atoms with van der Waals surface area (Å²) in [6.45, 7) is 50.4. The molecular formula is C86H154N2O10. The van der Waals surface area contributed by atoms with Crippen molar-refractivity contribution >= 4 is 58.3 Å². The molecule has 0 spiro atoms. The average molecular weight is 1380 g/mol. The van der Waals surface area contributed by atoms with Crippen molar-refractivity contribution < 1.29 is 47.9 Å². The van der Waals surface area contributed by atoms with E-state index < -0.39 is 0 Å². The monoisotopic (exact) mass is 1380 g/mol. The van der Waals surface area contributed by atoms with Gasteiger partial charge in [-0.1, -0.05) is 166 Å². The molecule has 0 N–H and O–H groups in total. The van der Waals surface area contributed by atoms with Crippen LogP contribution in [0.2, 0.25) is 0 Å². The fourth-order valence-electron chi connectivity index (χ4n) is 15.4. The second-order valence-electron chi connectivity index (χ2n) is 36.3. The lowest BCUT2D eigenvalue weighted by atomic mass is 9.76. The first-order chi connectivity index (χ1) is 45.6. The fraction of sp³-hybridized carbons (Fsp3) is 0.884. The molecule has 2 atom stereocenters. The maximum absolute atomic E-state index is 12.2. The van der Waals surface area contributed by atoms with Gasteiger partial charge in [-0.05, 0) is 224 Å². The zero-order chi connectivity index (χ0) is 74.8. The minimum atomic E-state index is -0.341. The smallest absolute Gasteiger partial charge is 0.234 e. The number of hydrogen-bond acceptors (Lipinski definition) is 10. The summed E-state index contributed by atoms with van der Waals surface area (Å²) in [6, 6.07) is 0. The van der Waals surface area contributed by atoms with Crippen LogP contribution in [0, 0.1) is 130 Å². The summed E-state index contributed by atoms with van der Waals surface area (Å²) >= 11 is 0. The van der Waals surface area contributed by atoms with Crippen LogP contribution in [0.5, 0.6) is 0 Å². The number of nitrogens with zero attached hydrogens (tertiary/aromatic N) is 2. The number of rotatable bonds is 30.